The van der Waals surface area contributed by atoms with Crippen molar-refractivity contribution in [2.45, 2.75) is 31.7 Å². The Balaban J connectivity index is 1.95. The number of primary sulfonamides is 1. The molecule has 164 valence electrons. The molecule has 0 bridgehead atoms. The van der Waals surface area contributed by atoms with Gasteiger partial charge < -0.3 is 5.32 Å². The first-order valence-corrected chi connectivity index (χ1v) is 12.4. The van der Waals surface area contributed by atoms with Gasteiger partial charge in [0.05, 0.1) is 10.9 Å². The highest BCUT2D eigenvalue weighted by Gasteiger charge is 2.33. The molecule has 1 fully saturated rings. The van der Waals surface area contributed by atoms with Crippen molar-refractivity contribution in [2.75, 3.05) is 44.6 Å². The number of rotatable bonds is 8. The molecule has 0 aliphatic carbocycles. The van der Waals surface area contributed by atoms with Crippen molar-refractivity contribution < 1.29 is 21.6 Å². The third-order valence-electron chi connectivity index (χ3n) is 5.01. The zero-order chi connectivity index (χ0) is 21.8. The second-order valence-electron chi connectivity index (χ2n) is 6.76. The molecule has 1 heterocycles. The molecule has 1 aliphatic heterocycles. The average Bonchev–Trinajstić information content (AvgIpc) is 2.68. The number of piperazine rings is 1. The lowest BCUT2D eigenvalue weighted by atomic mass is 10.2. The molecule has 1 aliphatic rings. The van der Waals surface area contributed by atoms with Crippen LogP contribution in [-0.2, 0) is 25.0 Å². The highest BCUT2D eigenvalue weighted by atomic mass is 32.2. The Hall–Kier alpha value is -1.57. The Morgan fingerprint density at radius 2 is 1.59 bits per heavy atom. The standard InChI is InChI=1S/C17H29N5O5S2/c1-4-21(5-2)29(26,27)22-12-10-20(11-13-22)14(3)17(23)19-15-6-8-16(9-7-15)28(18,24)25/h6-9,14H,4-5,10-13H2,1-3H3,(H,19,23)(H2,18,24,25). The van der Waals surface area contributed by atoms with E-state index in [2.05, 4.69) is 5.32 Å². The third kappa shape index (κ3) is 5.74. The number of hydrogen-bond acceptors (Lipinski definition) is 6. The smallest absolute Gasteiger partial charge is 0.282 e. The Morgan fingerprint density at radius 1 is 1.07 bits per heavy atom. The summed E-state index contributed by atoms with van der Waals surface area (Å²) in [4.78, 5) is 14.4. The van der Waals surface area contributed by atoms with Crippen molar-refractivity contribution >= 4 is 31.8 Å². The third-order valence-corrected chi connectivity index (χ3v) is 8.12. The number of carbonyl (C=O) groups is 1. The first kappa shape index (κ1) is 23.7. The molecule has 1 aromatic carbocycles. The number of nitrogens with one attached hydrogen (secondary N) is 1. The molecule has 0 radical (unpaired) electrons. The van der Waals surface area contributed by atoms with E-state index in [1.807, 2.05) is 4.90 Å². The summed E-state index contributed by atoms with van der Waals surface area (Å²) >= 11 is 0. The predicted octanol–water partition coefficient (Wildman–Crippen LogP) is -0.135. The molecule has 0 spiro atoms. The largest absolute Gasteiger partial charge is 0.325 e. The van der Waals surface area contributed by atoms with Gasteiger partial charge in [-0.25, -0.2) is 13.6 Å². The van der Waals surface area contributed by atoms with Crippen molar-refractivity contribution in [3.05, 3.63) is 24.3 Å². The fourth-order valence-electron chi connectivity index (χ4n) is 3.18. The summed E-state index contributed by atoms with van der Waals surface area (Å²) in [6.07, 6.45) is 0. The summed E-state index contributed by atoms with van der Waals surface area (Å²) in [6.45, 7) is 7.73. The van der Waals surface area contributed by atoms with Gasteiger partial charge in [0.15, 0.2) is 0 Å². The van der Waals surface area contributed by atoms with Crippen LogP contribution < -0.4 is 10.5 Å². The molecule has 1 aromatic rings. The van der Waals surface area contributed by atoms with Gasteiger partial charge in [0.2, 0.25) is 15.9 Å². The Labute approximate surface area is 172 Å². The fraction of sp³-hybridized carbons (Fsp3) is 0.588. The maximum atomic E-state index is 12.6. The molecular weight excluding hydrogens is 418 g/mol. The highest BCUT2D eigenvalue weighted by Crippen LogP contribution is 2.16. The molecular formula is C17H29N5O5S2. The maximum Gasteiger partial charge on any atom is 0.282 e. The Bertz CT molecular complexity index is 906. The normalized spacial score (nSPS) is 18.0. The van der Waals surface area contributed by atoms with Crippen molar-refractivity contribution in [3.63, 3.8) is 0 Å². The van der Waals surface area contributed by atoms with Crippen molar-refractivity contribution in [1.29, 1.82) is 0 Å². The van der Waals surface area contributed by atoms with Crippen LogP contribution in [0.4, 0.5) is 5.69 Å². The van der Waals surface area contributed by atoms with Gasteiger partial charge in [-0.3, -0.25) is 9.69 Å². The number of anilines is 1. The van der Waals surface area contributed by atoms with E-state index >= 15 is 0 Å². The first-order chi connectivity index (χ1) is 13.5. The van der Waals surface area contributed by atoms with Crippen molar-refractivity contribution in [2.24, 2.45) is 5.14 Å². The SMILES string of the molecule is CCN(CC)S(=O)(=O)N1CCN(C(C)C(=O)Nc2ccc(S(N)(=O)=O)cc2)CC1. The summed E-state index contributed by atoms with van der Waals surface area (Å²) in [5.41, 5.74) is 0.456. The van der Waals surface area contributed by atoms with Gasteiger partial charge in [-0.15, -0.1) is 0 Å². The lowest BCUT2D eigenvalue weighted by Gasteiger charge is -2.38. The van der Waals surface area contributed by atoms with E-state index in [0.717, 1.165) is 0 Å². The molecule has 1 amide bonds. The van der Waals surface area contributed by atoms with Crippen molar-refractivity contribution in [3.8, 4) is 0 Å². The lowest BCUT2D eigenvalue weighted by molar-refractivity contribution is -0.121. The van der Waals surface area contributed by atoms with Crippen LogP contribution in [0, 0.1) is 0 Å². The molecule has 29 heavy (non-hydrogen) atoms. The van der Waals surface area contributed by atoms with Crippen LogP contribution in [0.2, 0.25) is 0 Å². The van der Waals surface area contributed by atoms with E-state index in [1.54, 1.807) is 20.8 Å². The number of sulfonamides is 1. The van der Waals surface area contributed by atoms with Crippen molar-refractivity contribution in [1.82, 2.24) is 13.5 Å². The predicted molar refractivity (Wildman–Crippen MR) is 111 cm³/mol. The Morgan fingerprint density at radius 3 is 2.03 bits per heavy atom. The average molecular weight is 448 g/mol. The summed E-state index contributed by atoms with van der Waals surface area (Å²) in [5, 5.41) is 7.80. The van der Waals surface area contributed by atoms with E-state index in [-0.39, 0.29) is 10.8 Å². The number of nitrogens with zero attached hydrogens (tertiary/aromatic N) is 3. The minimum atomic E-state index is -3.79. The van der Waals surface area contributed by atoms with E-state index in [1.165, 1.54) is 32.9 Å². The summed E-state index contributed by atoms with van der Waals surface area (Å²) in [5.74, 6) is -0.256. The van der Waals surface area contributed by atoms with Gasteiger partial charge >= 0.3 is 0 Å². The number of carbonyl (C=O) groups excluding carboxylic acids is 1. The second-order valence-corrected chi connectivity index (χ2v) is 10.3. The van der Waals surface area contributed by atoms with E-state index in [9.17, 15) is 21.6 Å². The zero-order valence-electron chi connectivity index (χ0n) is 16.9. The molecule has 3 N–H and O–H groups in total. The van der Waals surface area contributed by atoms with Gasteiger partial charge in [0.1, 0.15) is 0 Å². The first-order valence-electron chi connectivity index (χ1n) is 9.43. The van der Waals surface area contributed by atoms with Crippen LogP contribution in [0.3, 0.4) is 0 Å². The van der Waals surface area contributed by atoms with Gasteiger partial charge in [-0.1, -0.05) is 13.8 Å². The summed E-state index contributed by atoms with van der Waals surface area (Å²) in [7, 11) is -7.27. The fourth-order valence-corrected chi connectivity index (χ4v) is 5.29. The summed E-state index contributed by atoms with van der Waals surface area (Å²) < 4.78 is 50.7. The number of amides is 1. The molecule has 0 saturated carbocycles. The molecule has 1 atom stereocenters. The van der Waals surface area contributed by atoms with Crippen LogP contribution in [0.25, 0.3) is 0 Å². The molecule has 10 nitrogen and oxygen atoms in total. The molecule has 2 rings (SSSR count). The van der Waals surface area contributed by atoms with Crippen LogP contribution in [0.1, 0.15) is 20.8 Å². The van der Waals surface area contributed by atoms with E-state index in [0.29, 0.717) is 45.0 Å². The monoisotopic (exact) mass is 447 g/mol. The topological polar surface area (TPSA) is 133 Å². The van der Waals surface area contributed by atoms with Crippen LogP contribution in [-0.4, -0.2) is 81.6 Å². The molecule has 1 saturated heterocycles. The van der Waals surface area contributed by atoms with Gasteiger partial charge in [-0.2, -0.15) is 17.0 Å². The van der Waals surface area contributed by atoms with E-state index < -0.39 is 26.3 Å². The van der Waals surface area contributed by atoms with E-state index in [4.69, 9.17) is 5.14 Å². The molecule has 1 unspecified atom stereocenters. The van der Waals surface area contributed by atoms with Gasteiger partial charge in [0, 0.05) is 45.0 Å². The zero-order valence-corrected chi connectivity index (χ0v) is 18.5. The molecule has 0 aromatic heterocycles. The second kappa shape index (κ2) is 9.49. The quantitative estimate of drug-likeness (QED) is 0.570. The lowest BCUT2D eigenvalue weighted by Crippen LogP contribution is -2.56. The number of benzene rings is 1. The van der Waals surface area contributed by atoms with Gasteiger partial charge in [0.25, 0.3) is 10.2 Å². The van der Waals surface area contributed by atoms with Crippen LogP contribution in [0.15, 0.2) is 29.2 Å². The summed E-state index contributed by atoms with van der Waals surface area (Å²) in [6, 6.07) is 5.13. The molecule has 12 heteroatoms. The van der Waals surface area contributed by atoms with Gasteiger partial charge in [-0.05, 0) is 31.2 Å². The number of hydrogen-bond donors (Lipinski definition) is 2. The van der Waals surface area contributed by atoms with Crippen LogP contribution in [0.5, 0.6) is 0 Å². The number of nitrogens with two attached hydrogens (primary N) is 1. The minimum absolute atomic E-state index is 0.0333. The minimum Gasteiger partial charge on any atom is -0.325 e. The maximum absolute atomic E-state index is 12.6. The van der Waals surface area contributed by atoms with Crippen LogP contribution >= 0.6 is 0 Å². The highest BCUT2D eigenvalue weighted by molar-refractivity contribution is 7.89. The Kier molecular flexibility index (Phi) is 7.76.